The smallest absolute Gasteiger partial charge is 0 e. The van der Waals surface area contributed by atoms with Gasteiger partial charge in [0.15, 0.2) is 0 Å². The van der Waals surface area contributed by atoms with E-state index in [0.717, 1.165) is 0 Å². The molecule has 0 fully saturated rings. The van der Waals surface area contributed by atoms with Crippen LogP contribution in [0.5, 0.6) is 0 Å². The summed E-state index contributed by atoms with van der Waals surface area (Å²) >= 11 is 0. The molecule has 0 aliphatic heterocycles. The Bertz CT molecular complexity index is 973. The van der Waals surface area contributed by atoms with Crippen LogP contribution >= 0.6 is 0 Å². The predicted octanol–water partition coefficient (Wildman–Crippen LogP) is 8.54. The molecule has 0 saturated carbocycles. The second-order valence-corrected chi connectivity index (χ2v) is 6.46. The molecule has 0 saturated heterocycles. The maximum atomic E-state index is 2.89. The first-order valence-electron chi connectivity index (χ1n) is 9.96. The van der Waals surface area contributed by atoms with Gasteiger partial charge in [0, 0.05) is 26.2 Å². The first kappa shape index (κ1) is 27.0. The Morgan fingerprint density at radius 1 is 0.438 bits per heavy atom. The molecule has 0 bridgehead atoms. The van der Waals surface area contributed by atoms with Gasteiger partial charge < -0.3 is 7.43 Å². The van der Waals surface area contributed by atoms with E-state index >= 15 is 0 Å². The Labute approximate surface area is 212 Å². The molecule has 32 heavy (non-hydrogen) atoms. The fraction of sp³-hybridized carbons (Fsp3) is 0. The van der Waals surface area contributed by atoms with Gasteiger partial charge >= 0.3 is 0 Å². The van der Waals surface area contributed by atoms with Crippen LogP contribution in [0.1, 0.15) is 0 Å². The number of benzene rings is 4. The molecule has 0 nitrogen and oxygen atoms in total. The summed E-state index contributed by atoms with van der Waals surface area (Å²) in [5.74, 6) is 0. The van der Waals surface area contributed by atoms with Crippen molar-refractivity contribution in [1.82, 2.24) is 0 Å². The van der Waals surface area contributed by atoms with Crippen LogP contribution in [-0.4, -0.2) is 0 Å². The van der Waals surface area contributed by atoms with Crippen LogP contribution in [0.3, 0.4) is 0 Å². The summed E-state index contributed by atoms with van der Waals surface area (Å²) in [6, 6.07) is 54.3. The molecule has 160 valence electrons. The third-order valence-corrected chi connectivity index (χ3v) is 4.31. The molecule has 0 spiro atoms. The summed E-state index contributed by atoms with van der Waals surface area (Å²) in [4.78, 5) is 0. The summed E-state index contributed by atoms with van der Waals surface area (Å²) < 4.78 is 0. The van der Waals surface area contributed by atoms with E-state index in [4.69, 9.17) is 0 Å². The standard InChI is InChI=1S/2C9H7.2C6H5.CH3.Zr/c2*1-2-5-9-7-3-6-8(9)4-1;2*1-2-4-6-5-3-1;;/h2*1-7H;2*1-5H;1H3;/q5*-1;. The molecular weight excluding hydrogens is 464 g/mol. The van der Waals surface area contributed by atoms with E-state index in [0.29, 0.717) is 0 Å². The van der Waals surface area contributed by atoms with E-state index in [9.17, 15) is 0 Å². The van der Waals surface area contributed by atoms with Gasteiger partial charge in [0.1, 0.15) is 0 Å². The van der Waals surface area contributed by atoms with E-state index in [2.05, 4.69) is 97.1 Å². The van der Waals surface area contributed by atoms with Crippen molar-refractivity contribution >= 4 is 21.5 Å². The second-order valence-electron chi connectivity index (χ2n) is 6.46. The van der Waals surface area contributed by atoms with E-state index < -0.39 is 0 Å². The molecule has 0 N–H and O–H groups in total. The van der Waals surface area contributed by atoms with Gasteiger partial charge in [-0.1, -0.05) is 12.1 Å². The maximum Gasteiger partial charge on any atom is 0 e. The zero-order valence-electron chi connectivity index (χ0n) is 18.4. The molecule has 6 rings (SSSR count). The van der Waals surface area contributed by atoms with E-state index in [-0.39, 0.29) is 33.6 Å². The summed E-state index contributed by atoms with van der Waals surface area (Å²) in [5, 5.41) is 5.32. The van der Waals surface area contributed by atoms with Crippen molar-refractivity contribution in [3.8, 4) is 0 Å². The van der Waals surface area contributed by atoms with Gasteiger partial charge in [-0.25, -0.2) is 0 Å². The predicted molar refractivity (Wildman–Crippen MR) is 136 cm³/mol. The first-order chi connectivity index (χ1) is 14.9. The van der Waals surface area contributed by atoms with E-state index in [1.165, 1.54) is 21.5 Å². The summed E-state index contributed by atoms with van der Waals surface area (Å²) in [6.45, 7) is 0. The topological polar surface area (TPSA) is 0 Å². The Morgan fingerprint density at radius 3 is 1.09 bits per heavy atom. The fourth-order valence-electron chi connectivity index (χ4n) is 2.82. The number of rotatable bonds is 0. The van der Waals surface area contributed by atoms with Crippen LogP contribution in [0.4, 0.5) is 0 Å². The Morgan fingerprint density at radius 2 is 0.812 bits per heavy atom. The van der Waals surface area contributed by atoms with Gasteiger partial charge in [0.2, 0.25) is 0 Å². The van der Waals surface area contributed by atoms with Gasteiger partial charge in [0.25, 0.3) is 0 Å². The van der Waals surface area contributed by atoms with Gasteiger partial charge in [0.05, 0.1) is 0 Å². The van der Waals surface area contributed by atoms with Crippen molar-refractivity contribution in [2.24, 2.45) is 0 Å². The Kier molecular flexibility index (Phi) is 14.1. The minimum Gasteiger partial charge on any atom is -0.358 e. The Balaban J connectivity index is 0.000000213. The van der Waals surface area contributed by atoms with Gasteiger partial charge in [-0.3, -0.25) is 0 Å². The molecule has 0 aliphatic rings. The van der Waals surface area contributed by atoms with Crippen molar-refractivity contribution in [3.63, 3.8) is 0 Å². The van der Waals surface area contributed by atoms with Crippen LogP contribution in [0.15, 0.2) is 146 Å². The van der Waals surface area contributed by atoms with E-state index in [1.807, 2.05) is 60.7 Å². The number of fused-ring (bicyclic) bond motifs is 2. The SMILES string of the molecule is [CH3-].[Zr].[c-]1ccccc1.[c-]1ccccc1.c1ccc2[cH-]ccc2c1.c1ccc2[cH-]ccc2c1. The van der Waals surface area contributed by atoms with Crippen LogP contribution in [0.2, 0.25) is 0 Å². The fourth-order valence-corrected chi connectivity index (χ4v) is 2.82. The molecule has 0 amide bonds. The van der Waals surface area contributed by atoms with Gasteiger partial charge in [-0.15, -0.1) is 59.3 Å². The molecule has 0 heterocycles. The van der Waals surface area contributed by atoms with Crippen LogP contribution < -0.4 is 0 Å². The molecule has 0 unspecified atom stereocenters. The molecule has 6 aromatic carbocycles. The van der Waals surface area contributed by atoms with Crippen LogP contribution in [-0.2, 0) is 26.2 Å². The summed E-state index contributed by atoms with van der Waals surface area (Å²) in [5.41, 5.74) is 0. The molecule has 0 aliphatic carbocycles. The quantitative estimate of drug-likeness (QED) is 0.187. The van der Waals surface area contributed by atoms with Crippen molar-refractivity contribution < 1.29 is 26.2 Å². The van der Waals surface area contributed by atoms with Crippen molar-refractivity contribution in [1.29, 1.82) is 0 Å². The largest absolute Gasteiger partial charge is 0.358 e. The number of hydrogen-bond donors (Lipinski definition) is 0. The average molecular weight is 491 g/mol. The zero-order chi connectivity index (χ0) is 20.7. The minimum atomic E-state index is 0. The number of hydrogen-bond acceptors (Lipinski definition) is 0. The third-order valence-electron chi connectivity index (χ3n) is 4.31. The minimum absolute atomic E-state index is 0. The van der Waals surface area contributed by atoms with Crippen LogP contribution in [0.25, 0.3) is 21.5 Å². The van der Waals surface area contributed by atoms with Gasteiger partial charge in [-0.05, 0) is 0 Å². The molecule has 1 heteroatoms. The summed E-state index contributed by atoms with van der Waals surface area (Å²) in [7, 11) is 0. The summed E-state index contributed by atoms with van der Waals surface area (Å²) in [6.07, 6.45) is 0. The van der Waals surface area contributed by atoms with Crippen LogP contribution in [0, 0.1) is 19.6 Å². The first-order valence-corrected chi connectivity index (χ1v) is 9.96. The third kappa shape index (κ3) is 9.86. The maximum absolute atomic E-state index is 2.89. The Hall–Kier alpha value is -3.02. The van der Waals surface area contributed by atoms with Crippen molar-refractivity contribution in [2.45, 2.75) is 0 Å². The zero-order valence-corrected chi connectivity index (χ0v) is 20.8. The van der Waals surface area contributed by atoms with Crippen molar-refractivity contribution in [3.05, 3.63) is 165 Å². The van der Waals surface area contributed by atoms with Gasteiger partial charge in [-0.2, -0.15) is 108 Å². The average Bonchev–Trinajstić information content (AvgIpc) is 3.52. The molecule has 0 radical (unpaired) electrons. The monoisotopic (exact) mass is 489 g/mol. The van der Waals surface area contributed by atoms with E-state index in [1.54, 1.807) is 0 Å². The second kappa shape index (κ2) is 16.6. The normalized spacial score (nSPS) is 8.75. The van der Waals surface area contributed by atoms with Crippen molar-refractivity contribution in [2.75, 3.05) is 0 Å². The molecular formula is C31H27Zr-5. The molecule has 0 atom stereocenters. The molecule has 0 aromatic heterocycles. The molecule has 6 aromatic rings.